The van der Waals surface area contributed by atoms with E-state index in [0.717, 1.165) is 30.2 Å². The number of phenols is 1. The van der Waals surface area contributed by atoms with Crippen molar-refractivity contribution in [3.63, 3.8) is 0 Å². The van der Waals surface area contributed by atoms with Crippen LogP contribution in [0.1, 0.15) is 48.5 Å². The van der Waals surface area contributed by atoms with Crippen LogP contribution in [0, 0.1) is 0 Å². The SMILES string of the molecule is CCCCCCNC(=O)c1c(N)n(/N=C/c2cc(Br)ccc2O)c2nc3ccccc3nc12. The van der Waals surface area contributed by atoms with E-state index in [1.165, 1.54) is 10.9 Å². The van der Waals surface area contributed by atoms with Crippen LogP contribution >= 0.6 is 15.9 Å². The van der Waals surface area contributed by atoms with Crippen molar-refractivity contribution in [2.75, 3.05) is 12.3 Å². The molecule has 0 spiro atoms. The van der Waals surface area contributed by atoms with Crippen molar-refractivity contribution >= 4 is 56.1 Å². The molecule has 0 atom stereocenters. The molecule has 2 aromatic heterocycles. The summed E-state index contributed by atoms with van der Waals surface area (Å²) in [6, 6.07) is 12.4. The van der Waals surface area contributed by atoms with Crippen LogP contribution in [0.5, 0.6) is 5.75 Å². The number of nitrogens with one attached hydrogen (secondary N) is 1. The largest absolute Gasteiger partial charge is 0.507 e. The predicted molar refractivity (Wildman–Crippen MR) is 135 cm³/mol. The first-order valence-electron chi connectivity index (χ1n) is 10.9. The molecule has 0 saturated carbocycles. The number of hydrogen-bond donors (Lipinski definition) is 3. The number of nitrogens with zero attached hydrogens (tertiary/aromatic N) is 4. The van der Waals surface area contributed by atoms with Crippen molar-refractivity contribution in [2.45, 2.75) is 32.6 Å². The number of halogens is 1. The first-order chi connectivity index (χ1) is 16.0. The summed E-state index contributed by atoms with van der Waals surface area (Å²) >= 11 is 3.39. The van der Waals surface area contributed by atoms with E-state index in [-0.39, 0.29) is 23.0 Å². The van der Waals surface area contributed by atoms with Gasteiger partial charge in [0.15, 0.2) is 5.65 Å². The number of para-hydroxylation sites is 2. The number of nitrogen functional groups attached to an aromatic ring is 1. The maximum Gasteiger partial charge on any atom is 0.257 e. The Bertz CT molecular complexity index is 1350. The van der Waals surface area contributed by atoms with Gasteiger partial charge in [0.05, 0.1) is 17.2 Å². The maximum atomic E-state index is 13.1. The molecule has 4 N–H and O–H groups in total. The first kappa shape index (κ1) is 22.7. The number of aromatic hydroxyl groups is 1. The summed E-state index contributed by atoms with van der Waals surface area (Å²) in [6.45, 7) is 2.70. The predicted octanol–water partition coefficient (Wildman–Crippen LogP) is 4.83. The van der Waals surface area contributed by atoms with Gasteiger partial charge in [-0.1, -0.05) is 54.2 Å². The molecule has 0 bridgehead atoms. The average molecular weight is 509 g/mol. The van der Waals surface area contributed by atoms with Crippen molar-refractivity contribution in [3.8, 4) is 5.75 Å². The fraction of sp³-hybridized carbons (Fsp3) is 0.250. The monoisotopic (exact) mass is 508 g/mol. The van der Waals surface area contributed by atoms with Gasteiger partial charge >= 0.3 is 0 Å². The molecule has 9 heteroatoms. The fourth-order valence-electron chi connectivity index (χ4n) is 3.58. The maximum absolute atomic E-state index is 13.1. The van der Waals surface area contributed by atoms with Gasteiger partial charge in [-0.25, -0.2) is 9.97 Å². The number of phenolic OH excluding ortho intramolecular Hbond substituents is 1. The molecule has 2 aromatic carbocycles. The van der Waals surface area contributed by atoms with Crippen LogP contribution in [0.25, 0.3) is 22.2 Å². The quantitative estimate of drug-likeness (QED) is 0.232. The molecule has 8 nitrogen and oxygen atoms in total. The van der Waals surface area contributed by atoms with E-state index in [2.05, 4.69) is 43.2 Å². The highest BCUT2D eigenvalue weighted by atomic mass is 79.9. The Hall–Kier alpha value is -3.46. The molecular formula is C24H25BrN6O2. The molecule has 0 aliphatic carbocycles. The second-order valence-corrected chi connectivity index (χ2v) is 8.64. The molecule has 0 aliphatic heterocycles. The standard InChI is InChI=1S/C24H25BrN6O2/c1-2-3-4-7-12-27-24(33)20-21-23(30-18-9-6-5-8-17(18)29-21)31(22(20)26)28-14-15-13-16(25)10-11-19(15)32/h5-6,8-11,13-14,32H,2-4,7,12,26H2,1H3,(H,27,33)/b28-14+. The van der Waals surface area contributed by atoms with Crippen molar-refractivity contribution < 1.29 is 9.90 Å². The molecule has 0 saturated heterocycles. The van der Waals surface area contributed by atoms with Crippen LogP contribution in [-0.4, -0.2) is 38.4 Å². The molecule has 1 amide bonds. The number of carbonyl (C=O) groups excluding carboxylic acids is 1. The molecular weight excluding hydrogens is 484 g/mol. The number of unbranched alkanes of at least 4 members (excludes halogenated alkanes) is 3. The lowest BCUT2D eigenvalue weighted by Gasteiger charge is -2.05. The summed E-state index contributed by atoms with van der Waals surface area (Å²) < 4.78 is 2.18. The van der Waals surface area contributed by atoms with Crippen molar-refractivity contribution in [1.82, 2.24) is 20.0 Å². The summed E-state index contributed by atoms with van der Waals surface area (Å²) in [6.07, 6.45) is 5.68. The van der Waals surface area contributed by atoms with Crippen molar-refractivity contribution in [1.29, 1.82) is 0 Å². The number of aromatic nitrogens is 3. The fourth-order valence-corrected chi connectivity index (χ4v) is 3.96. The van der Waals surface area contributed by atoms with Gasteiger partial charge in [-0.15, -0.1) is 0 Å². The third kappa shape index (κ3) is 4.83. The zero-order chi connectivity index (χ0) is 23.4. The number of carbonyl (C=O) groups is 1. The van der Waals surface area contributed by atoms with E-state index < -0.39 is 0 Å². The smallest absolute Gasteiger partial charge is 0.257 e. The van der Waals surface area contributed by atoms with Gasteiger partial charge in [-0.05, 0) is 36.8 Å². The average Bonchev–Trinajstić information content (AvgIpc) is 3.08. The van der Waals surface area contributed by atoms with Gasteiger partial charge in [0, 0.05) is 16.6 Å². The molecule has 4 aromatic rings. The normalized spacial score (nSPS) is 11.6. The van der Waals surface area contributed by atoms with E-state index in [9.17, 15) is 9.90 Å². The Balaban J connectivity index is 1.78. The molecule has 4 rings (SSSR count). The Morgan fingerprint density at radius 3 is 2.70 bits per heavy atom. The molecule has 170 valence electrons. The van der Waals surface area contributed by atoms with E-state index in [1.54, 1.807) is 18.2 Å². The molecule has 0 radical (unpaired) electrons. The van der Waals surface area contributed by atoms with Crippen LogP contribution in [-0.2, 0) is 0 Å². The zero-order valence-electron chi connectivity index (χ0n) is 18.3. The molecule has 0 fully saturated rings. The summed E-state index contributed by atoms with van der Waals surface area (Å²) in [7, 11) is 0. The Morgan fingerprint density at radius 2 is 1.94 bits per heavy atom. The lowest BCUT2D eigenvalue weighted by molar-refractivity contribution is 0.0955. The molecule has 2 heterocycles. The number of rotatable bonds is 8. The number of hydrogen-bond acceptors (Lipinski definition) is 6. The van der Waals surface area contributed by atoms with E-state index in [0.29, 0.717) is 34.3 Å². The minimum Gasteiger partial charge on any atom is -0.507 e. The summed E-state index contributed by atoms with van der Waals surface area (Å²) in [4.78, 5) is 22.4. The third-order valence-corrected chi connectivity index (χ3v) is 5.81. The number of benzene rings is 2. The topological polar surface area (TPSA) is 118 Å². The minimum absolute atomic E-state index is 0.0681. The highest BCUT2D eigenvalue weighted by molar-refractivity contribution is 9.10. The van der Waals surface area contributed by atoms with Gasteiger partial charge in [0.25, 0.3) is 5.91 Å². The number of anilines is 1. The van der Waals surface area contributed by atoms with Gasteiger partial charge in [-0.3, -0.25) is 4.79 Å². The number of fused-ring (bicyclic) bond motifs is 2. The molecule has 0 aliphatic rings. The summed E-state index contributed by atoms with van der Waals surface area (Å²) in [5, 5.41) is 17.5. The molecule has 0 unspecified atom stereocenters. The van der Waals surface area contributed by atoms with E-state index in [4.69, 9.17) is 5.73 Å². The highest BCUT2D eigenvalue weighted by Crippen LogP contribution is 2.28. The van der Waals surface area contributed by atoms with Crippen LogP contribution < -0.4 is 11.1 Å². The van der Waals surface area contributed by atoms with E-state index in [1.807, 2.05) is 24.3 Å². The van der Waals surface area contributed by atoms with Crippen LogP contribution in [0.2, 0.25) is 0 Å². The molecule has 33 heavy (non-hydrogen) atoms. The Kier molecular flexibility index (Phi) is 6.88. The Morgan fingerprint density at radius 1 is 1.18 bits per heavy atom. The van der Waals surface area contributed by atoms with Crippen LogP contribution in [0.4, 0.5) is 5.82 Å². The van der Waals surface area contributed by atoms with Crippen molar-refractivity contribution in [2.24, 2.45) is 5.10 Å². The van der Waals surface area contributed by atoms with Crippen LogP contribution in [0.15, 0.2) is 52.0 Å². The number of amides is 1. The Labute approximate surface area is 199 Å². The van der Waals surface area contributed by atoms with Crippen LogP contribution in [0.3, 0.4) is 0 Å². The second kappa shape index (κ2) is 9.99. The number of nitrogens with two attached hydrogens (primary N) is 1. The first-order valence-corrected chi connectivity index (χ1v) is 11.7. The van der Waals surface area contributed by atoms with Gasteiger partial charge in [-0.2, -0.15) is 9.78 Å². The highest BCUT2D eigenvalue weighted by Gasteiger charge is 2.24. The van der Waals surface area contributed by atoms with E-state index >= 15 is 0 Å². The summed E-state index contributed by atoms with van der Waals surface area (Å²) in [5.74, 6) is -0.103. The second-order valence-electron chi connectivity index (χ2n) is 7.72. The van der Waals surface area contributed by atoms with Crippen molar-refractivity contribution in [3.05, 3.63) is 58.1 Å². The minimum atomic E-state index is -0.308. The van der Waals surface area contributed by atoms with Gasteiger partial charge in [0.2, 0.25) is 0 Å². The lowest BCUT2D eigenvalue weighted by Crippen LogP contribution is -2.25. The lowest BCUT2D eigenvalue weighted by atomic mass is 10.2. The third-order valence-electron chi connectivity index (χ3n) is 5.32. The van der Waals surface area contributed by atoms with Gasteiger partial charge in [0.1, 0.15) is 22.6 Å². The zero-order valence-corrected chi connectivity index (χ0v) is 19.8. The van der Waals surface area contributed by atoms with Gasteiger partial charge < -0.3 is 16.2 Å². The summed E-state index contributed by atoms with van der Waals surface area (Å²) in [5.41, 5.74) is 9.21.